The first-order valence-corrected chi connectivity index (χ1v) is 3.57. The van der Waals surface area contributed by atoms with Crippen LogP contribution in [0.1, 0.15) is 18.3 Å². The van der Waals surface area contributed by atoms with E-state index in [0.717, 1.165) is 5.69 Å². The van der Waals surface area contributed by atoms with Gasteiger partial charge in [0.05, 0.1) is 5.69 Å². The van der Waals surface area contributed by atoms with Gasteiger partial charge < -0.3 is 10.1 Å². The summed E-state index contributed by atoms with van der Waals surface area (Å²) in [6.07, 6.45) is 0.642. The molecule has 1 aromatic heterocycles. The lowest BCUT2D eigenvalue weighted by molar-refractivity contribution is 0.459. The van der Waals surface area contributed by atoms with Crippen molar-refractivity contribution in [2.24, 2.45) is 0 Å². The van der Waals surface area contributed by atoms with E-state index in [1.165, 1.54) is 6.07 Å². The van der Waals surface area contributed by atoms with E-state index in [1.54, 1.807) is 6.92 Å². The highest BCUT2D eigenvalue weighted by atomic mass is 16.3. The molecule has 0 bridgehead atoms. The van der Waals surface area contributed by atoms with Crippen molar-refractivity contribution >= 4 is 0 Å². The van der Waals surface area contributed by atoms with Crippen LogP contribution in [-0.4, -0.2) is 10.1 Å². The van der Waals surface area contributed by atoms with Gasteiger partial charge in [0.25, 0.3) is 0 Å². The van der Waals surface area contributed by atoms with Crippen molar-refractivity contribution in [3.05, 3.63) is 27.7 Å². The molecule has 1 heterocycles. The van der Waals surface area contributed by atoms with Crippen molar-refractivity contribution in [3.63, 3.8) is 0 Å². The van der Waals surface area contributed by atoms with Crippen LogP contribution in [0.4, 0.5) is 0 Å². The molecule has 0 aliphatic rings. The first-order valence-electron chi connectivity index (χ1n) is 3.57. The summed E-state index contributed by atoms with van der Waals surface area (Å²) < 4.78 is 0. The minimum Gasteiger partial charge on any atom is -0.503 e. The molecule has 0 aromatic carbocycles. The summed E-state index contributed by atoms with van der Waals surface area (Å²) in [4.78, 5) is 13.9. The molecule has 0 spiro atoms. The summed E-state index contributed by atoms with van der Waals surface area (Å²) in [5, 5.41) is 9.18. The molecule has 3 nitrogen and oxygen atoms in total. The number of H-pyrrole nitrogens is 1. The molecule has 0 saturated heterocycles. The molecule has 0 saturated carbocycles. The van der Waals surface area contributed by atoms with E-state index in [1.807, 2.05) is 6.92 Å². The SMILES string of the molecule is CCc1[nH]c(C)cc(=O)c1O. The fourth-order valence-corrected chi connectivity index (χ4v) is 1.00. The normalized spacial score (nSPS) is 10.0. The summed E-state index contributed by atoms with van der Waals surface area (Å²) in [5.41, 5.74) is 1.08. The molecule has 3 heteroatoms. The Bertz CT molecular complexity index is 314. The van der Waals surface area contributed by atoms with Gasteiger partial charge in [-0.15, -0.1) is 0 Å². The highest BCUT2D eigenvalue weighted by Gasteiger charge is 2.03. The molecule has 0 radical (unpaired) electrons. The van der Waals surface area contributed by atoms with Crippen molar-refractivity contribution in [1.82, 2.24) is 4.98 Å². The van der Waals surface area contributed by atoms with Gasteiger partial charge in [-0.05, 0) is 13.3 Å². The number of nitrogens with one attached hydrogen (secondary N) is 1. The van der Waals surface area contributed by atoms with E-state index in [9.17, 15) is 9.90 Å². The van der Waals surface area contributed by atoms with Crippen molar-refractivity contribution in [1.29, 1.82) is 0 Å². The Hall–Kier alpha value is -1.25. The van der Waals surface area contributed by atoms with Crippen LogP contribution >= 0.6 is 0 Å². The third-order valence-corrected chi connectivity index (χ3v) is 1.57. The molecular formula is C8H11NO2. The van der Waals surface area contributed by atoms with Gasteiger partial charge >= 0.3 is 0 Å². The first-order chi connectivity index (χ1) is 5.15. The lowest BCUT2D eigenvalue weighted by atomic mass is 10.2. The van der Waals surface area contributed by atoms with Gasteiger partial charge in [-0.1, -0.05) is 6.92 Å². The van der Waals surface area contributed by atoms with E-state index in [0.29, 0.717) is 12.1 Å². The van der Waals surface area contributed by atoms with E-state index in [2.05, 4.69) is 4.98 Å². The van der Waals surface area contributed by atoms with Gasteiger partial charge in [-0.25, -0.2) is 0 Å². The molecule has 0 aliphatic heterocycles. The maximum Gasteiger partial charge on any atom is 0.223 e. The lowest BCUT2D eigenvalue weighted by Crippen LogP contribution is -2.05. The molecule has 0 unspecified atom stereocenters. The minimum absolute atomic E-state index is 0.155. The summed E-state index contributed by atoms with van der Waals surface area (Å²) in [6, 6.07) is 1.38. The largest absolute Gasteiger partial charge is 0.503 e. The maximum atomic E-state index is 10.9. The average Bonchev–Trinajstić information content (AvgIpc) is 1.96. The minimum atomic E-state index is -0.307. The Labute approximate surface area is 64.7 Å². The van der Waals surface area contributed by atoms with E-state index < -0.39 is 0 Å². The van der Waals surface area contributed by atoms with Crippen LogP contribution in [0, 0.1) is 6.92 Å². The Kier molecular flexibility index (Phi) is 1.98. The van der Waals surface area contributed by atoms with E-state index in [-0.39, 0.29) is 11.2 Å². The Morgan fingerprint density at radius 1 is 1.64 bits per heavy atom. The van der Waals surface area contributed by atoms with Crippen LogP contribution < -0.4 is 5.43 Å². The molecular weight excluding hydrogens is 142 g/mol. The van der Waals surface area contributed by atoms with Crippen LogP contribution in [-0.2, 0) is 6.42 Å². The molecule has 0 fully saturated rings. The lowest BCUT2D eigenvalue weighted by Gasteiger charge is -2.01. The number of aromatic amines is 1. The highest BCUT2D eigenvalue weighted by molar-refractivity contribution is 5.27. The van der Waals surface area contributed by atoms with Gasteiger partial charge in [0.15, 0.2) is 5.75 Å². The van der Waals surface area contributed by atoms with Gasteiger partial charge in [-0.2, -0.15) is 0 Å². The molecule has 0 amide bonds. The average molecular weight is 153 g/mol. The Morgan fingerprint density at radius 3 is 2.82 bits per heavy atom. The number of hydrogen-bond donors (Lipinski definition) is 2. The maximum absolute atomic E-state index is 10.9. The number of aryl methyl sites for hydroxylation is 2. The van der Waals surface area contributed by atoms with Crippen molar-refractivity contribution in [3.8, 4) is 5.75 Å². The monoisotopic (exact) mass is 153 g/mol. The second kappa shape index (κ2) is 2.78. The molecule has 60 valence electrons. The topological polar surface area (TPSA) is 53.1 Å². The molecule has 0 atom stereocenters. The predicted octanol–water partition coefficient (Wildman–Crippen LogP) is 0.951. The van der Waals surface area contributed by atoms with Crippen LogP contribution in [0.25, 0.3) is 0 Å². The van der Waals surface area contributed by atoms with E-state index >= 15 is 0 Å². The standard InChI is InChI=1S/C8H11NO2/c1-3-6-8(11)7(10)4-5(2)9-6/h4,11H,3H2,1-2H3,(H,9,10). The Balaban J connectivity index is 3.36. The quantitative estimate of drug-likeness (QED) is 0.631. The zero-order chi connectivity index (χ0) is 8.43. The van der Waals surface area contributed by atoms with Crippen molar-refractivity contribution < 1.29 is 5.11 Å². The highest BCUT2D eigenvalue weighted by Crippen LogP contribution is 2.08. The zero-order valence-corrected chi connectivity index (χ0v) is 6.64. The summed E-state index contributed by atoms with van der Waals surface area (Å²) in [6.45, 7) is 3.67. The van der Waals surface area contributed by atoms with Crippen molar-refractivity contribution in [2.45, 2.75) is 20.3 Å². The summed E-state index contributed by atoms with van der Waals surface area (Å²) in [5.74, 6) is -0.155. The summed E-state index contributed by atoms with van der Waals surface area (Å²) in [7, 11) is 0. The van der Waals surface area contributed by atoms with Gasteiger partial charge in [-0.3, -0.25) is 4.79 Å². The van der Waals surface area contributed by atoms with Crippen LogP contribution in [0.5, 0.6) is 5.75 Å². The smallest absolute Gasteiger partial charge is 0.223 e. The molecule has 1 rings (SSSR count). The van der Waals surface area contributed by atoms with Gasteiger partial charge in [0, 0.05) is 11.8 Å². The number of aromatic nitrogens is 1. The molecule has 0 aliphatic carbocycles. The van der Waals surface area contributed by atoms with Crippen LogP contribution in [0.15, 0.2) is 10.9 Å². The zero-order valence-electron chi connectivity index (χ0n) is 6.64. The third-order valence-electron chi connectivity index (χ3n) is 1.57. The predicted molar refractivity (Wildman–Crippen MR) is 42.8 cm³/mol. The number of hydrogen-bond acceptors (Lipinski definition) is 2. The molecule has 1 aromatic rings. The third kappa shape index (κ3) is 1.42. The van der Waals surface area contributed by atoms with Crippen molar-refractivity contribution in [2.75, 3.05) is 0 Å². The summed E-state index contributed by atoms with van der Waals surface area (Å²) >= 11 is 0. The number of pyridine rings is 1. The second-order valence-electron chi connectivity index (χ2n) is 2.50. The number of rotatable bonds is 1. The Morgan fingerprint density at radius 2 is 2.27 bits per heavy atom. The number of aromatic hydroxyl groups is 1. The van der Waals surface area contributed by atoms with Gasteiger partial charge in [0.2, 0.25) is 5.43 Å². The fraction of sp³-hybridized carbons (Fsp3) is 0.375. The van der Waals surface area contributed by atoms with Crippen LogP contribution in [0.2, 0.25) is 0 Å². The molecule has 11 heavy (non-hydrogen) atoms. The fourth-order valence-electron chi connectivity index (χ4n) is 1.00. The van der Waals surface area contributed by atoms with Crippen LogP contribution in [0.3, 0.4) is 0 Å². The second-order valence-corrected chi connectivity index (χ2v) is 2.50. The first kappa shape index (κ1) is 7.85. The van der Waals surface area contributed by atoms with E-state index in [4.69, 9.17) is 0 Å². The van der Waals surface area contributed by atoms with Gasteiger partial charge in [0.1, 0.15) is 0 Å². The molecule has 2 N–H and O–H groups in total.